The third-order valence-electron chi connectivity index (χ3n) is 2.68. The van der Waals surface area contributed by atoms with Gasteiger partial charge in [0.25, 0.3) is 0 Å². The summed E-state index contributed by atoms with van der Waals surface area (Å²) in [4.78, 5) is 3.01. The molecule has 0 aliphatic carbocycles. The molecule has 1 aliphatic heterocycles. The molecule has 2 atom stereocenters. The smallest absolute Gasteiger partial charge is 0.213 e. The standard InChI is InChI=1S/C8H18N2O4/c1-5-3-10(8(13)14)6(2)4-9(5)7(11)12/h5-8,11-14H,3-4H2,1-2H3/t5-,6+. The van der Waals surface area contributed by atoms with Crippen LogP contribution in [0.2, 0.25) is 0 Å². The van der Waals surface area contributed by atoms with Gasteiger partial charge >= 0.3 is 0 Å². The quantitative estimate of drug-likeness (QED) is 0.388. The minimum absolute atomic E-state index is 0.118. The van der Waals surface area contributed by atoms with Gasteiger partial charge in [-0.25, -0.2) is 9.80 Å². The Kier molecular flexibility index (Phi) is 3.82. The topological polar surface area (TPSA) is 87.4 Å². The first-order chi connectivity index (χ1) is 6.43. The largest absolute Gasteiger partial charge is 0.356 e. The minimum atomic E-state index is -1.48. The normalized spacial score (nSPS) is 31.7. The van der Waals surface area contributed by atoms with Gasteiger partial charge in [-0.05, 0) is 13.8 Å². The van der Waals surface area contributed by atoms with Crippen LogP contribution in [0.3, 0.4) is 0 Å². The van der Waals surface area contributed by atoms with Crippen molar-refractivity contribution in [2.45, 2.75) is 38.8 Å². The molecule has 0 aromatic rings. The van der Waals surface area contributed by atoms with Crippen molar-refractivity contribution < 1.29 is 20.4 Å². The van der Waals surface area contributed by atoms with Crippen LogP contribution in [-0.4, -0.2) is 68.2 Å². The summed E-state index contributed by atoms with van der Waals surface area (Å²) < 4.78 is 0. The molecule has 0 aromatic carbocycles. The zero-order valence-electron chi connectivity index (χ0n) is 8.41. The summed E-state index contributed by atoms with van der Waals surface area (Å²) in [6.07, 6.45) is -2.96. The first-order valence-electron chi connectivity index (χ1n) is 4.67. The molecular weight excluding hydrogens is 188 g/mol. The third kappa shape index (κ3) is 2.41. The van der Waals surface area contributed by atoms with Crippen molar-refractivity contribution in [2.24, 2.45) is 0 Å². The molecule has 1 aliphatic rings. The summed E-state index contributed by atoms with van der Waals surface area (Å²) in [5.74, 6) is 0. The molecule has 0 saturated carbocycles. The van der Waals surface area contributed by atoms with Crippen LogP contribution < -0.4 is 0 Å². The average molecular weight is 206 g/mol. The van der Waals surface area contributed by atoms with Crippen LogP contribution in [0.25, 0.3) is 0 Å². The van der Waals surface area contributed by atoms with E-state index in [2.05, 4.69) is 0 Å². The van der Waals surface area contributed by atoms with Crippen LogP contribution in [0.1, 0.15) is 13.8 Å². The molecule has 1 fully saturated rings. The number of aliphatic hydroxyl groups excluding tert-OH is 2. The highest BCUT2D eigenvalue weighted by molar-refractivity contribution is 4.83. The van der Waals surface area contributed by atoms with Gasteiger partial charge in [0.1, 0.15) is 0 Å². The fourth-order valence-electron chi connectivity index (χ4n) is 1.82. The number of aliphatic hydroxyl groups is 4. The molecule has 0 amide bonds. The predicted molar refractivity (Wildman–Crippen MR) is 48.8 cm³/mol. The van der Waals surface area contributed by atoms with Crippen molar-refractivity contribution >= 4 is 0 Å². The molecule has 0 unspecified atom stereocenters. The van der Waals surface area contributed by atoms with Gasteiger partial charge in [-0.2, -0.15) is 0 Å². The Balaban J connectivity index is 2.62. The van der Waals surface area contributed by atoms with E-state index in [4.69, 9.17) is 20.4 Å². The predicted octanol–water partition coefficient (Wildman–Crippen LogP) is -2.08. The molecule has 0 radical (unpaired) electrons. The van der Waals surface area contributed by atoms with E-state index < -0.39 is 12.8 Å². The fraction of sp³-hybridized carbons (Fsp3) is 1.00. The molecule has 14 heavy (non-hydrogen) atoms. The van der Waals surface area contributed by atoms with Gasteiger partial charge in [-0.3, -0.25) is 0 Å². The lowest BCUT2D eigenvalue weighted by atomic mass is 10.1. The highest BCUT2D eigenvalue weighted by atomic mass is 16.5. The van der Waals surface area contributed by atoms with E-state index >= 15 is 0 Å². The highest BCUT2D eigenvalue weighted by Crippen LogP contribution is 2.17. The molecule has 84 valence electrons. The van der Waals surface area contributed by atoms with Crippen LogP contribution in [0, 0.1) is 0 Å². The van der Waals surface area contributed by atoms with Gasteiger partial charge in [0.2, 0.25) is 12.8 Å². The SMILES string of the molecule is C[C@@H]1CN(C(O)O)[C@@H](C)CN1C(O)O. The molecule has 0 bridgehead atoms. The summed E-state index contributed by atoms with van der Waals surface area (Å²) in [6, 6.07) is -0.235. The minimum Gasteiger partial charge on any atom is -0.356 e. The molecule has 0 spiro atoms. The number of hydrogen-bond donors (Lipinski definition) is 4. The lowest BCUT2D eigenvalue weighted by molar-refractivity contribution is -0.228. The molecule has 6 nitrogen and oxygen atoms in total. The molecule has 6 heteroatoms. The van der Waals surface area contributed by atoms with E-state index in [1.807, 2.05) is 0 Å². The first kappa shape index (κ1) is 11.8. The summed E-state index contributed by atoms with van der Waals surface area (Å²) in [5.41, 5.74) is 0. The number of piperazine rings is 1. The molecule has 0 aromatic heterocycles. The Hall–Kier alpha value is -0.240. The number of hydrogen-bond acceptors (Lipinski definition) is 6. The van der Waals surface area contributed by atoms with Gasteiger partial charge < -0.3 is 20.4 Å². The van der Waals surface area contributed by atoms with Crippen molar-refractivity contribution in [2.75, 3.05) is 13.1 Å². The van der Waals surface area contributed by atoms with E-state index in [-0.39, 0.29) is 12.1 Å². The van der Waals surface area contributed by atoms with Crippen LogP contribution in [0.4, 0.5) is 0 Å². The second-order valence-corrected chi connectivity index (χ2v) is 3.78. The van der Waals surface area contributed by atoms with E-state index in [0.717, 1.165) is 0 Å². The van der Waals surface area contributed by atoms with Crippen molar-refractivity contribution in [3.63, 3.8) is 0 Å². The maximum atomic E-state index is 9.03. The van der Waals surface area contributed by atoms with Crippen LogP contribution >= 0.6 is 0 Å². The Morgan fingerprint density at radius 3 is 1.36 bits per heavy atom. The van der Waals surface area contributed by atoms with Gasteiger partial charge in [0, 0.05) is 25.2 Å². The van der Waals surface area contributed by atoms with E-state index in [9.17, 15) is 0 Å². The molecule has 1 saturated heterocycles. The Labute approximate surface area is 83.0 Å². The third-order valence-corrected chi connectivity index (χ3v) is 2.68. The highest BCUT2D eigenvalue weighted by Gasteiger charge is 2.34. The van der Waals surface area contributed by atoms with Gasteiger partial charge in [0.05, 0.1) is 0 Å². The summed E-state index contributed by atoms with van der Waals surface area (Å²) in [6.45, 7) is 4.41. The van der Waals surface area contributed by atoms with E-state index in [1.54, 1.807) is 13.8 Å². The van der Waals surface area contributed by atoms with Crippen LogP contribution in [0.5, 0.6) is 0 Å². The zero-order valence-corrected chi connectivity index (χ0v) is 8.41. The average Bonchev–Trinajstić information content (AvgIpc) is 2.07. The van der Waals surface area contributed by atoms with Crippen molar-refractivity contribution in [3.8, 4) is 0 Å². The van der Waals surface area contributed by atoms with Crippen molar-refractivity contribution in [1.29, 1.82) is 0 Å². The maximum absolute atomic E-state index is 9.03. The zero-order chi connectivity index (χ0) is 10.9. The van der Waals surface area contributed by atoms with Gasteiger partial charge in [-0.15, -0.1) is 0 Å². The second-order valence-electron chi connectivity index (χ2n) is 3.78. The van der Waals surface area contributed by atoms with E-state index in [1.165, 1.54) is 9.80 Å². The van der Waals surface area contributed by atoms with Gasteiger partial charge in [0.15, 0.2) is 0 Å². The number of rotatable bonds is 2. The molecule has 1 rings (SSSR count). The van der Waals surface area contributed by atoms with Gasteiger partial charge in [-0.1, -0.05) is 0 Å². The maximum Gasteiger partial charge on any atom is 0.213 e. The van der Waals surface area contributed by atoms with Crippen LogP contribution in [0.15, 0.2) is 0 Å². The fourth-order valence-corrected chi connectivity index (χ4v) is 1.82. The number of nitrogens with zero attached hydrogens (tertiary/aromatic N) is 2. The summed E-state index contributed by atoms with van der Waals surface area (Å²) in [5, 5.41) is 36.1. The van der Waals surface area contributed by atoms with Crippen molar-refractivity contribution in [3.05, 3.63) is 0 Å². The van der Waals surface area contributed by atoms with Crippen LogP contribution in [-0.2, 0) is 0 Å². The Bertz CT molecular complexity index is 168. The molecular formula is C8H18N2O4. The van der Waals surface area contributed by atoms with E-state index in [0.29, 0.717) is 13.1 Å². The molecule has 4 N–H and O–H groups in total. The van der Waals surface area contributed by atoms with Crippen molar-refractivity contribution in [1.82, 2.24) is 9.80 Å². The Morgan fingerprint density at radius 2 is 1.14 bits per heavy atom. The summed E-state index contributed by atoms with van der Waals surface area (Å²) in [7, 11) is 0. The molecule has 1 heterocycles. The monoisotopic (exact) mass is 206 g/mol. The second kappa shape index (κ2) is 4.52. The lowest BCUT2D eigenvalue weighted by Gasteiger charge is -2.44. The Morgan fingerprint density at radius 1 is 0.857 bits per heavy atom. The lowest BCUT2D eigenvalue weighted by Crippen LogP contribution is -2.61. The first-order valence-corrected chi connectivity index (χ1v) is 4.67. The summed E-state index contributed by atoms with van der Waals surface area (Å²) >= 11 is 0.